The van der Waals surface area contributed by atoms with E-state index in [1.807, 2.05) is 10.8 Å². The lowest BCUT2D eigenvalue weighted by Crippen LogP contribution is -2.41. The quantitative estimate of drug-likeness (QED) is 0.475. The lowest BCUT2D eigenvalue weighted by atomic mass is 9.94. The van der Waals surface area contributed by atoms with E-state index in [1.165, 1.54) is 40.9 Å². The summed E-state index contributed by atoms with van der Waals surface area (Å²) in [5.41, 5.74) is -1.27. The number of hydrogen-bond acceptors (Lipinski definition) is 6. The van der Waals surface area contributed by atoms with Gasteiger partial charge in [-0.15, -0.1) is 11.3 Å². The van der Waals surface area contributed by atoms with E-state index < -0.39 is 16.4 Å². The van der Waals surface area contributed by atoms with Crippen molar-refractivity contribution < 1.29 is 14.8 Å². The maximum atomic E-state index is 12.5. The molecular weight excluding hydrogens is 396 g/mol. The molecule has 0 spiro atoms. The zero-order chi connectivity index (χ0) is 18.7. The Labute approximate surface area is 161 Å². The van der Waals surface area contributed by atoms with Crippen LogP contribution in [0.15, 0.2) is 52.5 Å². The van der Waals surface area contributed by atoms with Gasteiger partial charge in [0.1, 0.15) is 11.2 Å². The lowest BCUT2D eigenvalue weighted by Gasteiger charge is -2.27. The molecule has 0 aliphatic carbocycles. The molecule has 0 aliphatic heterocycles. The normalized spacial score (nSPS) is 13.2. The second kappa shape index (κ2) is 7.55. The molecule has 0 fully saturated rings. The molecule has 3 rings (SSSR count). The number of amides is 1. The number of benzene rings is 1. The minimum absolute atomic E-state index is 0.132. The summed E-state index contributed by atoms with van der Waals surface area (Å²) in [5, 5.41) is 30.6. The monoisotopic (exact) mass is 408 g/mol. The second-order valence-corrected chi connectivity index (χ2v) is 7.62. The van der Waals surface area contributed by atoms with Gasteiger partial charge in [0.25, 0.3) is 11.6 Å². The predicted octanol–water partition coefficient (Wildman–Crippen LogP) is 4.04. The molecule has 134 valence electrons. The van der Waals surface area contributed by atoms with Crippen LogP contribution in [0.5, 0.6) is 0 Å². The van der Waals surface area contributed by atoms with Crippen LogP contribution in [0.1, 0.15) is 20.8 Å². The summed E-state index contributed by atoms with van der Waals surface area (Å²) in [6.07, 6.45) is 0. The molecule has 0 saturated carbocycles. The molecule has 0 saturated heterocycles. The van der Waals surface area contributed by atoms with Gasteiger partial charge in [0.15, 0.2) is 0 Å². The average Bonchev–Trinajstić information content (AvgIpc) is 3.32. The van der Waals surface area contributed by atoms with Crippen LogP contribution < -0.4 is 5.32 Å². The lowest BCUT2D eigenvalue weighted by molar-refractivity contribution is -0.385. The van der Waals surface area contributed by atoms with Crippen molar-refractivity contribution >= 4 is 45.9 Å². The summed E-state index contributed by atoms with van der Waals surface area (Å²) in [4.78, 5) is 23.7. The Kier molecular flexibility index (Phi) is 5.38. The molecule has 26 heavy (non-hydrogen) atoms. The first-order chi connectivity index (χ1) is 12.4. The molecule has 1 atom stereocenters. The highest BCUT2D eigenvalue weighted by atomic mass is 35.5. The largest absolute Gasteiger partial charge is 0.378 e. The first-order valence-electron chi connectivity index (χ1n) is 7.43. The Balaban J connectivity index is 1.88. The third kappa shape index (κ3) is 3.63. The van der Waals surface area contributed by atoms with Gasteiger partial charge in [-0.1, -0.05) is 17.7 Å². The van der Waals surface area contributed by atoms with Gasteiger partial charge in [0.05, 0.1) is 11.5 Å². The topological polar surface area (TPSA) is 92.5 Å². The fraction of sp³-hybridized carbons (Fsp3) is 0.118. The zero-order valence-electron chi connectivity index (χ0n) is 13.2. The summed E-state index contributed by atoms with van der Waals surface area (Å²) < 4.78 is 0. The molecule has 1 amide bonds. The third-order valence-electron chi connectivity index (χ3n) is 3.83. The third-order valence-corrected chi connectivity index (χ3v) is 5.77. The van der Waals surface area contributed by atoms with E-state index >= 15 is 0 Å². The number of rotatable bonds is 6. The number of carbonyl (C=O) groups excluding carboxylic acids is 1. The number of carbonyl (C=O) groups is 1. The molecule has 2 aromatic heterocycles. The van der Waals surface area contributed by atoms with Crippen LogP contribution in [0.3, 0.4) is 0 Å². The van der Waals surface area contributed by atoms with Crippen molar-refractivity contribution in [1.29, 1.82) is 0 Å². The van der Waals surface area contributed by atoms with Gasteiger partial charge in [-0.25, -0.2) is 0 Å². The minimum atomic E-state index is -1.42. The van der Waals surface area contributed by atoms with Crippen LogP contribution in [0.25, 0.3) is 0 Å². The van der Waals surface area contributed by atoms with Crippen molar-refractivity contribution in [2.45, 2.75) is 5.60 Å². The molecule has 2 heterocycles. The predicted molar refractivity (Wildman–Crippen MR) is 102 cm³/mol. The highest BCUT2D eigenvalue weighted by Gasteiger charge is 2.34. The Morgan fingerprint density at radius 3 is 2.73 bits per heavy atom. The van der Waals surface area contributed by atoms with Crippen LogP contribution in [0.2, 0.25) is 5.02 Å². The fourth-order valence-corrected chi connectivity index (χ4v) is 4.24. The van der Waals surface area contributed by atoms with Crippen molar-refractivity contribution in [3.63, 3.8) is 0 Å². The first kappa shape index (κ1) is 18.5. The Bertz CT molecular complexity index is 892. The molecule has 2 N–H and O–H groups in total. The number of nitro benzene ring substituents is 1. The molecule has 0 radical (unpaired) electrons. The Morgan fingerprint density at radius 2 is 2.12 bits per heavy atom. The van der Waals surface area contributed by atoms with Crippen molar-refractivity contribution in [1.82, 2.24) is 5.32 Å². The average molecular weight is 409 g/mol. The molecule has 0 bridgehead atoms. The van der Waals surface area contributed by atoms with Crippen molar-refractivity contribution in [3.05, 3.63) is 83.7 Å². The summed E-state index contributed by atoms with van der Waals surface area (Å²) in [6, 6.07) is 9.13. The summed E-state index contributed by atoms with van der Waals surface area (Å²) in [7, 11) is 0. The van der Waals surface area contributed by atoms with Gasteiger partial charge < -0.3 is 10.4 Å². The zero-order valence-corrected chi connectivity index (χ0v) is 15.6. The number of aliphatic hydroxyl groups is 1. The summed E-state index contributed by atoms with van der Waals surface area (Å²) in [5.74, 6) is -0.676. The molecular formula is C17H13ClN2O4S2. The van der Waals surface area contributed by atoms with Gasteiger partial charge in [-0.3, -0.25) is 14.9 Å². The van der Waals surface area contributed by atoms with Crippen molar-refractivity contribution in [3.8, 4) is 0 Å². The highest BCUT2D eigenvalue weighted by molar-refractivity contribution is 7.10. The number of hydrogen-bond donors (Lipinski definition) is 2. The van der Waals surface area contributed by atoms with E-state index in [-0.39, 0.29) is 22.8 Å². The fourth-order valence-electron chi connectivity index (χ4n) is 2.50. The van der Waals surface area contributed by atoms with Crippen LogP contribution in [0, 0.1) is 10.1 Å². The van der Waals surface area contributed by atoms with E-state index in [4.69, 9.17) is 11.6 Å². The number of halogens is 1. The van der Waals surface area contributed by atoms with Gasteiger partial charge in [-0.2, -0.15) is 11.3 Å². The smallest absolute Gasteiger partial charge is 0.282 e. The van der Waals surface area contributed by atoms with Crippen LogP contribution in [-0.2, 0) is 5.60 Å². The number of thiophene rings is 2. The molecule has 0 aliphatic rings. The molecule has 1 aromatic carbocycles. The van der Waals surface area contributed by atoms with Crippen LogP contribution in [0.4, 0.5) is 5.69 Å². The maximum absolute atomic E-state index is 12.5. The number of nitrogens with one attached hydrogen (secondary N) is 1. The summed E-state index contributed by atoms with van der Waals surface area (Å²) >= 11 is 8.66. The number of nitro groups is 1. The van der Waals surface area contributed by atoms with Gasteiger partial charge in [-0.05, 0) is 40.4 Å². The Morgan fingerprint density at radius 1 is 1.31 bits per heavy atom. The van der Waals surface area contributed by atoms with Gasteiger partial charge in [0, 0.05) is 21.5 Å². The van der Waals surface area contributed by atoms with Crippen LogP contribution >= 0.6 is 34.3 Å². The van der Waals surface area contributed by atoms with E-state index in [1.54, 1.807) is 23.6 Å². The minimum Gasteiger partial charge on any atom is -0.378 e. The molecule has 3 aromatic rings. The second-order valence-electron chi connectivity index (χ2n) is 5.45. The van der Waals surface area contributed by atoms with E-state index in [9.17, 15) is 20.0 Å². The SMILES string of the molecule is O=C(NCC(O)(c1ccsc1)c1cccs1)c1cc(Cl)ccc1[N+](=O)[O-]. The van der Waals surface area contributed by atoms with E-state index in [0.717, 1.165) is 0 Å². The molecule has 9 heteroatoms. The maximum Gasteiger partial charge on any atom is 0.282 e. The number of nitrogens with zero attached hydrogens (tertiary/aromatic N) is 1. The standard InChI is InChI=1S/C17H13ClN2O4S2/c18-12-3-4-14(20(23)24)13(8-12)16(21)19-10-17(22,11-5-7-25-9-11)15-2-1-6-26-15/h1-9,22H,10H2,(H,19,21). The Hall–Kier alpha value is -2.26. The van der Waals surface area contributed by atoms with Crippen LogP contribution in [-0.4, -0.2) is 22.5 Å². The molecule has 6 nitrogen and oxygen atoms in total. The van der Waals surface area contributed by atoms with Gasteiger partial charge in [0.2, 0.25) is 0 Å². The molecule has 1 unspecified atom stereocenters. The highest BCUT2D eigenvalue weighted by Crippen LogP contribution is 2.34. The van der Waals surface area contributed by atoms with Gasteiger partial charge >= 0.3 is 0 Å². The van der Waals surface area contributed by atoms with Crippen molar-refractivity contribution in [2.75, 3.05) is 6.54 Å². The van der Waals surface area contributed by atoms with Crippen molar-refractivity contribution in [2.24, 2.45) is 0 Å². The summed E-state index contributed by atoms with van der Waals surface area (Å²) in [6.45, 7) is -0.132. The first-order valence-corrected chi connectivity index (χ1v) is 9.63. The van der Waals surface area contributed by atoms with E-state index in [0.29, 0.717) is 10.4 Å². The van der Waals surface area contributed by atoms with E-state index in [2.05, 4.69) is 5.32 Å².